The predicted octanol–water partition coefficient (Wildman–Crippen LogP) is 1.49. The van der Waals surface area contributed by atoms with E-state index in [0.29, 0.717) is 22.8 Å². The number of rotatable bonds is 7. The van der Waals surface area contributed by atoms with Crippen LogP contribution in [0, 0.1) is 0 Å². The minimum atomic E-state index is -0.428. The normalized spacial score (nSPS) is 13.2. The number of nitrogens with zero attached hydrogens (tertiary/aromatic N) is 1. The zero-order valence-corrected chi connectivity index (χ0v) is 14.7. The highest BCUT2D eigenvalue weighted by molar-refractivity contribution is 5.97. The van der Waals surface area contributed by atoms with E-state index in [-0.39, 0.29) is 12.5 Å². The number of carbonyl (C=O) groups is 2. The summed E-state index contributed by atoms with van der Waals surface area (Å²) in [6, 6.07) is 3.04. The molecule has 0 bridgehead atoms. The molecule has 0 saturated heterocycles. The SMILES string of the molecule is COc1cc(C(=O)NCC(=O)NN=C2CCCC2)cc(OC)c1OC. The lowest BCUT2D eigenvalue weighted by atomic mass is 10.1. The van der Waals surface area contributed by atoms with Gasteiger partial charge in [-0.2, -0.15) is 5.10 Å². The Morgan fingerprint density at radius 1 is 1.04 bits per heavy atom. The Bertz CT molecular complexity index is 639. The number of hydrazone groups is 1. The number of amides is 2. The lowest BCUT2D eigenvalue weighted by Crippen LogP contribution is -2.35. The summed E-state index contributed by atoms with van der Waals surface area (Å²) in [5.74, 6) is 0.322. The summed E-state index contributed by atoms with van der Waals surface area (Å²) in [5, 5.41) is 6.60. The lowest BCUT2D eigenvalue weighted by molar-refractivity contribution is -0.120. The molecule has 1 aliphatic rings. The smallest absolute Gasteiger partial charge is 0.259 e. The summed E-state index contributed by atoms with van der Waals surface area (Å²) in [4.78, 5) is 24.0. The third-order valence-corrected chi connectivity index (χ3v) is 3.86. The predicted molar refractivity (Wildman–Crippen MR) is 92.5 cm³/mol. The Labute approximate surface area is 146 Å². The summed E-state index contributed by atoms with van der Waals surface area (Å²) in [7, 11) is 4.42. The summed E-state index contributed by atoms with van der Waals surface area (Å²) in [6.45, 7) is -0.174. The van der Waals surface area contributed by atoms with Gasteiger partial charge in [0, 0.05) is 11.3 Å². The van der Waals surface area contributed by atoms with Gasteiger partial charge in [-0.05, 0) is 37.8 Å². The molecule has 0 heterocycles. The second kappa shape index (κ2) is 8.91. The number of methoxy groups -OCH3 is 3. The van der Waals surface area contributed by atoms with Crippen LogP contribution in [0.5, 0.6) is 17.2 Å². The average molecular weight is 349 g/mol. The van der Waals surface area contributed by atoms with Crippen LogP contribution in [-0.4, -0.2) is 45.4 Å². The Morgan fingerprint density at radius 3 is 2.16 bits per heavy atom. The van der Waals surface area contributed by atoms with Gasteiger partial charge in [-0.1, -0.05) is 0 Å². The first-order chi connectivity index (χ1) is 12.1. The standard InChI is InChI=1S/C17H23N3O5/c1-23-13-8-11(9-14(24-2)16(13)25-3)17(22)18-10-15(21)20-19-12-6-4-5-7-12/h8-9H,4-7,10H2,1-3H3,(H,18,22)(H,20,21). The van der Waals surface area contributed by atoms with Crippen molar-refractivity contribution in [1.82, 2.24) is 10.7 Å². The van der Waals surface area contributed by atoms with E-state index in [4.69, 9.17) is 14.2 Å². The summed E-state index contributed by atoms with van der Waals surface area (Å²) in [6.07, 6.45) is 4.04. The van der Waals surface area contributed by atoms with Crippen LogP contribution < -0.4 is 25.0 Å². The van der Waals surface area contributed by atoms with E-state index in [0.717, 1.165) is 31.4 Å². The molecular weight excluding hydrogens is 326 g/mol. The van der Waals surface area contributed by atoms with Crippen LogP contribution >= 0.6 is 0 Å². The number of ether oxygens (including phenoxy) is 3. The van der Waals surface area contributed by atoms with Crippen molar-refractivity contribution in [3.8, 4) is 17.2 Å². The molecule has 1 aromatic carbocycles. The van der Waals surface area contributed by atoms with Gasteiger partial charge in [-0.25, -0.2) is 5.43 Å². The van der Waals surface area contributed by atoms with Gasteiger partial charge in [0.15, 0.2) is 11.5 Å². The Morgan fingerprint density at radius 2 is 1.64 bits per heavy atom. The fourth-order valence-corrected chi connectivity index (χ4v) is 2.55. The Kier molecular flexibility index (Phi) is 6.62. The third kappa shape index (κ3) is 4.85. The minimum Gasteiger partial charge on any atom is -0.493 e. The highest BCUT2D eigenvalue weighted by Gasteiger charge is 2.17. The number of nitrogens with one attached hydrogen (secondary N) is 2. The summed E-state index contributed by atoms with van der Waals surface area (Å²) in [5.41, 5.74) is 3.75. The fraction of sp³-hybridized carbons (Fsp3) is 0.471. The van der Waals surface area contributed by atoms with Crippen LogP contribution in [0.2, 0.25) is 0 Å². The van der Waals surface area contributed by atoms with Crippen molar-refractivity contribution in [2.24, 2.45) is 5.10 Å². The molecule has 136 valence electrons. The molecule has 0 radical (unpaired) electrons. The average Bonchev–Trinajstić information content (AvgIpc) is 3.16. The van der Waals surface area contributed by atoms with Crippen LogP contribution in [0.4, 0.5) is 0 Å². The van der Waals surface area contributed by atoms with Gasteiger partial charge in [0.05, 0.1) is 27.9 Å². The van der Waals surface area contributed by atoms with Gasteiger partial charge in [-0.3, -0.25) is 9.59 Å². The maximum absolute atomic E-state index is 12.3. The Balaban J connectivity index is 1.98. The van der Waals surface area contributed by atoms with Crippen molar-refractivity contribution in [3.63, 3.8) is 0 Å². The van der Waals surface area contributed by atoms with Crippen LogP contribution in [0.1, 0.15) is 36.0 Å². The number of carbonyl (C=O) groups excluding carboxylic acids is 2. The molecule has 1 fully saturated rings. The molecule has 2 rings (SSSR count). The highest BCUT2D eigenvalue weighted by Crippen LogP contribution is 2.38. The highest BCUT2D eigenvalue weighted by atomic mass is 16.5. The first kappa shape index (κ1) is 18.6. The van der Waals surface area contributed by atoms with Gasteiger partial charge >= 0.3 is 0 Å². The van der Waals surface area contributed by atoms with E-state index in [1.165, 1.54) is 33.5 Å². The second-order valence-corrected chi connectivity index (χ2v) is 5.52. The molecule has 2 N–H and O–H groups in total. The minimum absolute atomic E-state index is 0.174. The quantitative estimate of drug-likeness (QED) is 0.727. The molecule has 0 atom stereocenters. The van der Waals surface area contributed by atoms with Crippen LogP contribution in [0.3, 0.4) is 0 Å². The molecule has 25 heavy (non-hydrogen) atoms. The molecule has 2 amide bonds. The maximum atomic E-state index is 12.3. The molecule has 0 aliphatic heterocycles. The first-order valence-electron chi connectivity index (χ1n) is 8.01. The first-order valence-corrected chi connectivity index (χ1v) is 8.01. The van der Waals surface area contributed by atoms with Crippen LogP contribution in [0.15, 0.2) is 17.2 Å². The van der Waals surface area contributed by atoms with Crippen molar-refractivity contribution in [2.75, 3.05) is 27.9 Å². The number of hydrogen-bond donors (Lipinski definition) is 2. The van der Waals surface area contributed by atoms with Gasteiger partial charge in [0.1, 0.15) is 0 Å². The molecular formula is C17H23N3O5. The van der Waals surface area contributed by atoms with E-state index in [2.05, 4.69) is 15.8 Å². The zero-order valence-electron chi connectivity index (χ0n) is 14.7. The van der Waals surface area contributed by atoms with E-state index >= 15 is 0 Å². The fourth-order valence-electron chi connectivity index (χ4n) is 2.55. The van der Waals surface area contributed by atoms with Gasteiger partial charge < -0.3 is 19.5 Å². The van der Waals surface area contributed by atoms with Crippen LogP contribution in [0.25, 0.3) is 0 Å². The zero-order chi connectivity index (χ0) is 18.2. The molecule has 1 aromatic rings. The second-order valence-electron chi connectivity index (χ2n) is 5.52. The van der Waals surface area contributed by atoms with Gasteiger partial charge in [0.2, 0.25) is 5.75 Å². The molecule has 8 nitrogen and oxygen atoms in total. The summed E-state index contributed by atoms with van der Waals surface area (Å²) < 4.78 is 15.6. The molecule has 8 heteroatoms. The van der Waals surface area contributed by atoms with Crippen molar-refractivity contribution < 1.29 is 23.8 Å². The monoisotopic (exact) mass is 349 g/mol. The molecule has 1 saturated carbocycles. The molecule has 0 spiro atoms. The van der Waals surface area contributed by atoms with Crippen molar-refractivity contribution in [2.45, 2.75) is 25.7 Å². The van der Waals surface area contributed by atoms with E-state index in [1.807, 2.05) is 0 Å². The van der Waals surface area contributed by atoms with Crippen molar-refractivity contribution >= 4 is 17.5 Å². The van der Waals surface area contributed by atoms with Crippen molar-refractivity contribution in [3.05, 3.63) is 17.7 Å². The van der Waals surface area contributed by atoms with E-state index in [1.54, 1.807) is 0 Å². The summed E-state index contributed by atoms with van der Waals surface area (Å²) >= 11 is 0. The number of benzene rings is 1. The van der Waals surface area contributed by atoms with Gasteiger partial charge in [-0.15, -0.1) is 0 Å². The van der Waals surface area contributed by atoms with E-state index in [9.17, 15) is 9.59 Å². The molecule has 0 aromatic heterocycles. The maximum Gasteiger partial charge on any atom is 0.259 e. The third-order valence-electron chi connectivity index (χ3n) is 3.86. The van der Waals surface area contributed by atoms with E-state index < -0.39 is 5.91 Å². The van der Waals surface area contributed by atoms with Gasteiger partial charge in [0.25, 0.3) is 11.8 Å². The number of hydrogen-bond acceptors (Lipinski definition) is 6. The Hall–Kier alpha value is -2.77. The van der Waals surface area contributed by atoms with Crippen molar-refractivity contribution in [1.29, 1.82) is 0 Å². The lowest BCUT2D eigenvalue weighted by Gasteiger charge is -2.14. The topological polar surface area (TPSA) is 98.2 Å². The largest absolute Gasteiger partial charge is 0.493 e. The molecule has 1 aliphatic carbocycles. The molecule has 0 unspecified atom stereocenters. The van der Waals surface area contributed by atoms with Crippen LogP contribution in [-0.2, 0) is 4.79 Å².